The van der Waals surface area contributed by atoms with Gasteiger partial charge in [-0.05, 0) is 34.4 Å². The van der Waals surface area contributed by atoms with Gasteiger partial charge in [0.05, 0.1) is 22.9 Å². The predicted molar refractivity (Wildman–Crippen MR) is 116 cm³/mol. The van der Waals surface area contributed by atoms with Gasteiger partial charge in [0.2, 0.25) is 0 Å². The van der Waals surface area contributed by atoms with E-state index in [4.69, 9.17) is 4.74 Å². The van der Waals surface area contributed by atoms with Crippen LogP contribution in [0.1, 0.15) is 27.4 Å². The third kappa shape index (κ3) is 3.20. The smallest absolute Gasteiger partial charge is 0.411 e. The van der Waals surface area contributed by atoms with Gasteiger partial charge in [-0.3, -0.25) is 5.32 Å². The molecule has 7 nitrogen and oxygen atoms in total. The quantitative estimate of drug-likeness (QED) is 0.509. The molecule has 1 aliphatic carbocycles. The average molecular weight is 413 g/mol. The number of hydrogen-bond acceptors (Lipinski definition) is 4. The largest absolute Gasteiger partial charge is 0.478 e. The summed E-state index contributed by atoms with van der Waals surface area (Å²) in [6.07, 6.45) is 0.891. The Kier molecular flexibility index (Phi) is 4.43. The first kappa shape index (κ1) is 18.9. The number of nitrogens with zero attached hydrogens (tertiary/aromatic N) is 2. The van der Waals surface area contributed by atoms with Gasteiger partial charge in [-0.15, -0.1) is 0 Å². The number of carbonyl (C=O) groups is 2. The molecular formula is C24H19N3O4. The lowest BCUT2D eigenvalue weighted by atomic mass is 9.98. The molecule has 0 aliphatic heterocycles. The zero-order chi connectivity index (χ0) is 21.5. The van der Waals surface area contributed by atoms with Crippen molar-refractivity contribution >= 4 is 28.8 Å². The highest BCUT2D eigenvalue weighted by Gasteiger charge is 2.29. The standard InChI is InChI=1S/C24H19N3O4/c1-27-13-25-21-11-14(10-19(22(21)27)23(28)29)26-24(30)31-12-20-17-8-4-2-6-15(17)16-7-3-5-9-18(16)20/h2-11,13,20H,12H2,1H3,(H,26,30)(H,28,29). The van der Waals surface area contributed by atoms with Gasteiger partial charge in [-0.25, -0.2) is 14.6 Å². The molecule has 0 fully saturated rings. The minimum Gasteiger partial charge on any atom is -0.478 e. The van der Waals surface area contributed by atoms with E-state index in [0.717, 1.165) is 22.3 Å². The maximum atomic E-state index is 12.5. The van der Waals surface area contributed by atoms with Crippen LogP contribution >= 0.6 is 0 Å². The van der Waals surface area contributed by atoms with E-state index in [1.807, 2.05) is 24.3 Å². The van der Waals surface area contributed by atoms with Crippen molar-refractivity contribution in [2.45, 2.75) is 5.92 Å². The van der Waals surface area contributed by atoms with Crippen LogP contribution in [0.2, 0.25) is 0 Å². The van der Waals surface area contributed by atoms with Gasteiger partial charge in [-0.2, -0.15) is 0 Å². The molecule has 2 N–H and O–H groups in total. The molecule has 0 radical (unpaired) electrons. The maximum absolute atomic E-state index is 12.5. The van der Waals surface area contributed by atoms with Crippen LogP contribution in [-0.4, -0.2) is 33.3 Å². The summed E-state index contributed by atoms with van der Waals surface area (Å²) in [5.74, 6) is -1.14. The number of carbonyl (C=O) groups excluding carboxylic acids is 1. The molecular weight excluding hydrogens is 394 g/mol. The number of hydrogen-bond donors (Lipinski definition) is 2. The zero-order valence-electron chi connectivity index (χ0n) is 16.7. The van der Waals surface area contributed by atoms with E-state index >= 15 is 0 Å². The van der Waals surface area contributed by atoms with Gasteiger partial charge >= 0.3 is 12.1 Å². The maximum Gasteiger partial charge on any atom is 0.411 e. The molecule has 31 heavy (non-hydrogen) atoms. The van der Waals surface area contributed by atoms with Crippen LogP contribution in [0, 0.1) is 0 Å². The van der Waals surface area contributed by atoms with Gasteiger partial charge in [0, 0.05) is 18.7 Å². The van der Waals surface area contributed by atoms with Crippen molar-refractivity contribution in [3.63, 3.8) is 0 Å². The number of anilines is 1. The number of amides is 1. The van der Waals surface area contributed by atoms with Crippen LogP contribution in [0.3, 0.4) is 0 Å². The van der Waals surface area contributed by atoms with Crippen molar-refractivity contribution in [1.29, 1.82) is 0 Å². The Hall–Kier alpha value is -4.13. The van der Waals surface area contributed by atoms with E-state index in [-0.39, 0.29) is 18.1 Å². The summed E-state index contributed by atoms with van der Waals surface area (Å²) < 4.78 is 7.17. The van der Waals surface area contributed by atoms with Crippen LogP contribution < -0.4 is 5.32 Å². The number of carboxylic acid groups (broad SMARTS) is 1. The molecule has 0 unspecified atom stereocenters. The molecule has 1 aromatic heterocycles. The van der Waals surface area contributed by atoms with Gasteiger partial charge in [0.25, 0.3) is 0 Å². The summed E-state index contributed by atoms with van der Waals surface area (Å²) in [5.41, 5.74) is 5.91. The summed E-state index contributed by atoms with van der Waals surface area (Å²) >= 11 is 0. The molecule has 0 spiro atoms. The van der Waals surface area contributed by atoms with Crippen LogP contribution in [0.5, 0.6) is 0 Å². The lowest BCUT2D eigenvalue weighted by Crippen LogP contribution is -2.18. The fourth-order valence-electron chi connectivity index (χ4n) is 4.28. The number of imidazole rings is 1. The minimum absolute atomic E-state index is 0.0500. The Morgan fingerprint density at radius 2 is 1.71 bits per heavy atom. The van der Waals surface area contributed by atoms with Crippen molar-refractivity contribution in [1.82, 2.24) is 9.55 Å². The number of rotatable bonds is 4. The summed E-state index contributed by atoms with van der Waals surface area (Å²) in [6, 6.07) is 19.2. The van der Waals surface area contributed by atoms with E-state index in [1.165, 1.54) is 12.4 Å². The molecule has 154 valence electrons. The number of aryl methyl sites for hydroxylation is 1. The summed E-state index contributed by atoms with van der Waals surface area (Å²) in [5, 5.41) is 12.2. The second kappa shape index (κ2) is 7.28. The van der Waals surface area contributed by atoms with Crippen molar-refractivity contribution in [2.24, 2.45) is 7.05 Å². The van der Waals surface area contributed by atoms with Gasteiger partial charge in [-0.1, -0.05) is 48.5 Å². The molecule has 4 aromatic rings. The number of aromatic carboxylic acids is 1. The zero-order valence-corrected chi connectivity index (χ0v) is 16.7. The van der Waals surface area contributed by atoms with E-state index < -0.39 is 12.1 Å². The highest BCUT2D eigenvalue weighted by Crippen LogP contribution is 2.44. The fourth-order valence-corrected chi connectivity index (χ4v) is 4.28. The summed E-state index contributed by atoms with van der Waals surface area (Å²) in [7, 11) is 1.72. The minimum atomic E-state index is -1.09. The summed E-state index contributed by atoms with van der Waals surface area (Å²) in [4.78, 5) is 28.4. The van der Waals surface area contributed by atoms with Crippen molar-refractivity contribution < 1.29 is 19.4 Å². The highest BCUT2D eigenvalue weighted by molar-refractivity contribution is 6.04. The second-order valence-electron chi connectivity index (χ2n) is 7.50. The Bertz CT molecular complexity index is 1300. The Morgan fingerprint density at radius 3 is 2.35 bits per heavy atom. The number of aromatic nitrogens is 2. The van der Waals surface area contributed by atoms with E-state index in [0.29, 0.717) is 16.7 Å². The first-order valence-corrected chi connectivity index (χ1v) is 9.83. The predicted octanol–water partition coefficient (Wildman–Crippen LogP) is 4.63. The first-order chi connectivity index (χ1) is 15.0. The van der Waals surface area contributed by atoms with E-state index in [1.54, 1.807) is 17.7 Å². The lowest BCUT2D eigenvalue weighted by Gasteiger charge is -2.15. The number of nitrogens with one attached hydrogen (secondary N) is 1. The fraction of sp³-hybridized carbons (Fsp3) is 0.125. The molecule has 0 saturated heterocycles. The molecule has 7 heteroatoms. The third-order valence-electron chi connectivity index (χ3n) is 5.63. The molecule has 1 amide bonds. The molecule has 5 rings (SSSR count). The number of fused-ring (bicyclic) bond motifs is 4. The number of benzene rings is 3. The SMILES string of the molecule is Cn1cnc2cc(NC(=O)OCC3c4ccccc4-c4ccccc43)cc(C(=O)O)c21. The van der Waals surface area contributed by atoms with E-state index in [2.05, 4.69) is 34.6 Å². The normalized spacial score (nSPS) is 12.4. The van der Waals surface area contributed by atoms with Crippen LogP contribution in [0.4, 0.5) is 10.5 Å². The second-order valence-corrected chi connectivity index (χ2v) is 7.50. The molecule has 0 atom stereocenters. The molecule has 3 aromatic carbocycles. The molecule has 0 bridgehead atoms. The van der Waals surface area contributed by atoms with E-state index in [9.17, 15) is 14.7 Å². The van der Waals surface area contributed by atoms with Crippen molar-refractivity contribution in [2.75, 3.05) is 11.9 Å². The molecule has 1 heterocycles. The lowest BCUT2D eigenvalue weighted by molar-refractivity contribution is 0.0698. The van der Waals surface area contributed by atoms with Gasteiger partial charge in [0.15, 0.2) is 0 Å². The van der Waals surface area contributed by atoms with Gasteiger partial charge < -0.3 is 14.4 Å². The van der Waals surface area contributed by atoms with Crippen LogP contribution in [-0.2, 0) is 11.8 Å². The average Bonchev–Trinajstić information content (AvgIpc) is 3.30. The highest BCUT2D eigenvalue weighted by atomic mass is 16.5. The Balaban J connectivity index is 1.36. The number of ether oxygens (including phenoxy) is 1. The van der Waals surface area contributed by atoms with Crippen molar-refractivity contribution in [3.05, 3.63) is 83.7 Å². The molecule has 1 aliphatic rings. The summed E-state index contributed by atoms with van der Waals surface area (Å²) in [6.45, 7) is 0.178. The van der Waals surface area contributed by atoms with Crippen LogP contribution in [0.15, 0.2) is 67.0 Å². The number of carboxylic acids is 1. The third-order valence-corrected chi connectivity index (χ3v) is 5.63. The first-order valence-electron chi connectivity index (χ1n) is 9.83. The Morgan fingerprint density at radius 1 is 1.06 bits per heavy atom. The topological polar surface area (TPSA) is 93.5 Å². The Labute approximate surface area is 177 Å². The monoisotopic (exact) mass is 413 g/mol. The van der Waals surface area contributed by atoms with Crippen molar-refractivity contribution in [3.8, 4) is 11.1 Å². The van der Waals surface area contributed by atoms with Crippen LogP contribution in [0.25, 0.3) is 22.2 Å². The van der Waals surface area contributed by atoms with Gasteiger partial charge in [0.1, 0.15) is 6.61 Å². The molecule has 0 saturated carbocycles.